The maximum absolute atomic E-state index is 5.74. The van der Waals surface area contributed by atoms with Crippen molar-refractivity contribution in [2.75, 3.05) is 26.4 Å². The Morgan fingerprint density at radius 3 is 2.24 bits per heavy atom. The Bertz CT molecular complexity index is 487. The SMILES string of the molecule is CCNC(COCCOc1ccccc1)c1ccccc1. The second kappa shape index (κ2) is 9.16. The average molecular weight is 285 g/mol. The summed E-state index contributed by atoms with van der Waals surface area (Å²) in [4.78, 5) is 0. The van der Waals surface area contributed by atoms with Gasteiger partial charge in [-0.2, -0.15) is 0 Å². The molecule has 0 spiro atoms. The summed E-state index contributed by atoms with van der Waals surface area (Å²) in [5.41, 5.74) is 1.25. The minimum absolute atomic E-state index is 0.230. The summed E-state index contributed by atoms with van der Waals surface area (Å²) < 4.78 is 11.3. The molecule has 2 aromatic rings. The van der Waals surface area contributed by atoms with Crippen molar-refractivity contribution in [3.8, 4) is 5.75 Å². The van der Waals surface area contributed by atoms with Crippen molar-refractivity contribution in [1.82, 2.24) is 5.32 Å². The Kier molecular flexibility index (Phi) is 6.78. The fourth-order valence-electron chi connectivity index (χ4n) is 2.14. The van der Waals surface area contributed by atoms with Crippen LogP contribution in [0.25, 0.3) is 0 Å². The average Bonchev–Trinajstić information content (AvgIpc) is 2.55. The van der Waals surface area contributed by atoms with Crippen LogP contribution in [0.15, 0.2) is 60.7 Å². The predicted molar refractivity (Wildman–Crippen MR) is 85.6 cm³/mol. The first-order chi connectivity index (χ1) is 10.4. The molecule has 0 aliphatic carbocycles. The third kappa shape index (κ3) is 5.58. The lowest BCUT2D eigenvalue weighted by Crippen LogP contribution is -2.26. The second-order valence-corrected chi connectivity index (χ2v) is 4.76. The zero-order chi connectivity index (χ0) is 14.8. The number of nitrogens with one attached hydrogen (secondary N) is 1. The van der Waals surface area contributed by atoms with Crippen molar-refractivity contribution >= 4 is 0 Å². The highest BCUT2D eigenvalue weighted by atomic mass is 16.5. The largest absolute Gasteiger partial charge is 0.491 e. The smallest absolute Gasteiger partial charge is 0.119 e. The molecule has 0 saturated heterocycles. The number of ether oxygens (including phenoxy) is 2. The Hall–Kier alpha value is -1.84. The van der Waals surface area contributed by atoms with Gasteiger partial charge in [0.05, 0.1) is 19.3 Å². The van der Waals surface area contributed by atoms with Crippen LogP contribution in [0.2, 0.25) is 0 Å². The van der Waals surface area contributed by atoms with E-state index in [0.717, 1.165) is 12.3 Å². The van der Waals surface area contributed by atoms with E-state index in [1.807, 2.05) is 36.4 Å². The highest BCUT2D eigenvalue weighted by Gasteiger charge is 2.09. The maximum Gasteiger partial charge on any atom is 0.119 e. The number of rotatable bonds is 9. The van der Waals surface area contributed by atoms with Gasteiger partial charge in [0.25, 0.3) is 0 Å². The van der Waals surface area contributed by atoms with Gasteiger partial charge in [-0.1, -0.05) is 55.5 Å². The van der Waals surface area contributed by atoms with E-state index >= 15 is 0 Å². The Labute approximate surface area is 126 Å². The molecule has 112 valence electrons. The molecule has 0 aliphatic heterocycles. The number of hydrogen-bond donors (Lipinski definition) is 1. The molecule has 0 aliphatic rings. The van der Waals surface area contributed by atoms with Crippen molar-refractivity contribution in [3.63, 3.8) is 0 Å². The van der Waals surface area contributed by atoms with Crippen LogP contribution in [0.5, 0.6) is 5.75 Å². The standard InChI is InChI=1S/C18H23NO2/c1-2-19-18(16-9-5-3-6-10-16)15-20-13-14-21-17-11-7-4-8-12-17/h3-12,18-19H,2,13-15H2,1H3. The topological polar surface area (TPSA) is 30.5 Å². The van der Waals surface area contributed by atoms with Gasteiger partial charge in [0.1, 0.15) is 12.4 Å². The fraction of sp³-hybridized carbons (Fsp3) is 0.333. The summed E-state index contributed by atoms with van der Waals surface area (Å²) in [6, 6.07) is 20.4. The first-order valence-electron chi connectivity index (χ1n) is 7.44. The molecule has 0 fully saturated rings. The van der Waals surface area contributed by atoms with Crippen molar-refractivity contribution in [2.24, 2.45) is 0 Å². The molecule has 2 aromatic carbocycles. The zero-order valence-corrected chi connectivity index (χ0v) is 12.5. The van der Waals surface area contributed by atoms with Crippen LogP contribution in [0.4, 0.5) is 0 Å². The monoisotopic (exact) mass is 285 g/mol. The Morgan fingerprint density at radius 1 is 0.905 bits per heavy atom. The number of likely N-dealkylation sites (N-methyl/N-ethyl adjacent to an activating group) is 1. The van der Waals surface area contributed by atoms with Gasteiger partial charge in [-0.3, -0.25) is 0 Å². The highest BCUT2D eigenvalue weighted by Crippen LogP contribution is 2.13. The van der Waals surface area contributed by atoms with Crippen LogP contribution >= 0.6 is 0 Å². The van der Waals surface area contributed by atoms with Gasteiger partial charge in [-0.15, -0.1) is 0 Å². The van der Waals surface area contributed by atoms with Gasteiger partial charge in [0, 0.05) is 0 Å². The van der Waals surface area contributed by atoms with Crippen molar-refractivity contribution in [1.29, 1.82) is 0 Å². The molecule has 3 heteroatoms. The van der Waals surface area contributed by atoms with E-state index in [1.54, 1.807) is 0 Å². The van der Waals surface area contributed by atoms with E-state index in [-0.39, 0.29) is 6.04 Å². The maximum atomic E-state index is 5.74. The van der Waals surface area contributed by atoms with Gasteiger partial charge < -0.3 is 14.8 Å². The summed E-state index contributed by atoms with van der Waals surface area (Å²) in [6.45, 7) is 4.83. The lowest BCUT2D eigenvalue weighted by Gasteiger charge is -2.18. The van der Waals surface area contributed by atoms with Crippen LogP contribution < -0.4 is 10.1 Å². The van der Waals surface area contributed by atoms with Crippen molar-refractivity contribution in [3.05, 3.63) is 66.2 Å². The third-order valence-corrected chi connectivity index (χ3v) is 3.18. The second-order valence-electron chi connectivity index (χ2n) is 4.76. The fourth-order valence-corrected chi connectivity index (χ4v) is 2.14. The number of benzene rings is 2. The molecular weight excluding hydrogens is 262 g/mol. The summed E-state index contributed by atoms with van der Waals surface area (Å²) in [5, 5.41) is 3.44. The molecule has 0 bridgehead atoms. The minimum Gasteiger partial charge on any atom is -0.491 e. The lowest BCUT2D eigenvalue weighted by atomic mass is 10.1. The molecule has 0 saturated carbocycles. The molecule has 1 N–H and O–H groups in total. The van der Waals surface area contributed by atoms with Crippen molar-refractivity contribution < 1.29 is 9.47 Å². The van der Waals surface area contributed by atoms with E-state index in [2.05, 4.69) is 36.5 Å². The summed E-state index contributed by atoms with van der Waals surface area (Å²) in [6.07, 6.45) is 0. The molecular formula is C18H23NO2. The quantitative estimate of drug-likeness (QED) is 0.716. The molecule has 0 aromatic heterocycles. The lowest BCUT2D eigenvalue weighted by molar-refractivity contribution is 0.0836. The van der Waals surface area contributed by atoms with E-state index in [4.69, 9.17) is 9.47 Å². The van der Waals surface area contributed by atoms with Gasteiger partial charge in [0.2, 0.25) is 0 Å². The van der Waals surface area contributed by atoms with Crippen LogP contribution in [0, 0.1) is 0 Å². The first-order valence-corrected chi connectivity index (χ1v) is 7.44. The normalized spacial score (nSPS) is 12.0. The van der Waals surface area contributed by atoms with Crippen LogP contribution in [0.3, 0.4) is 0 Å². The minimum atomic E-state index is 0.230. The van der Waals surface area contributed by atoms with Gasteiger partial charge in [-0.05, 0) is 24.2 Å². The highest BCUT2D eigenvalue weighted by molar-refractivity contribution is 5.21. The predicted octanol–water partition coefficient (Wildman–Crippen LogP) is 3.43. The summed E-state index contributed by atoms with van der Waals surface area (Å²) in [5.74, 6) is 0.882. The Balaban J connectivity index is 1.70. The number of hydrogen-bond acceptors (Lipinski definition) is 3. The molecule has 3 nitrogen and oxygen atoms in total. The molecule has 0 radical (unpaired) electrons. The van der Waals surface area contributed by atoms with Crippen LogP contribution in [-0.2, 0) is 4.74 Å². The molecule has 21 heavy (non-hydrogen) atoms. The molecule has 0 amide bonds. The first kappa shape index (κ1) is 15.5. The molecule has 1 unspecified atom stereocenters. The van der Waals surface area contributed by atoms with Gasteiger partial charge in [-0.25, -0.2) is 0 Å². The van der Waals surface area contributed by atoms with Gasteiger partial charge in [0.15, 0.2) is 0 Å². The Morgan fingerprint density at radius 2 is 1.57 bits per heavy atom. The third-order valence-electron chi connectivity index (χ3n) is 3.18. The van der Waals surface area contributed by atoms with E-state index < -0.39 is 0 Å². The zero-order valence-electron chi connectivity index (χ0n) is 12.5. The van der Waals surface area contributed by atoms with E-state index in [9.17, 15) is 0 Å². The van der Waals surface area contributed by atoms with Crippen LogP contribution in [0.1, 0.15) is 18.5 Å². The van der Waals surface area contributed by atoms with Gasteiger partial charge >= 0.3 is 0 Å². The summed E-state index contributed by atoms with van der Waals surface area (Å²) in [7, 11) is 0. The van der Waals surface area contributed by atoms with E-state index in [0.29, 0.717) is 19.8 Å². The van der Waals surface area contributed by atoms with Crippen LogP contribution in [-0.4, -0.2) is 26.4 Å². The number of para-hydroxylation sites is 1. The van der Waals surface area contributed by atoms with Crippen molar-refractivity contribution in [2.45, 2.75) is 13.0 Å². The summed E-state index contributed by atoms with van der Waals surface area (Å²) >= 11 is 0. The molecule has 0 heterocycles. The molecule has 1 atom stereocenters. The van der Waals surface area contributed by atoms with E-state index in [1.165, 1.54) is 5.56 Å². The molecule has 2 rings (SSSR count).